The van der Waals surface area contributed by atoms with Crippen LogP contribution >= 0.6 is 0 Å². The first kappa shape index (κ1) is 24.1. The van der Waals surface area contributed by atoms with E-state index >= 15 is 0 Å². The summed E-state index contributed by atoms with van der Waals surface area (Å²) in [5, 5.41) is 0. The maximum atomic E-state index is 13.0. The average Bonchev–Trinajstić information content (AvgIpc) is 3.04. The van der Waals surface area contributed by atoms with Crippen LogP contribution in [0, 0.1) is 11.8 Å². The highest BCUT2D eigenvalue weighted by atomic mass is 16.5. The maximum absolute atomic E-state index is 13.0. The van der Waals surface area contributed by atoms with Crippen LogP contribution in [0.5, 0.6) is 11.5 Å². The Labute approximate surface area is 191 Å². The van der Waals surface area contributed by atoms with Crippen LogP contribution in [0.15, 0.2) is 18.2 Å². The highest BCUT2D eigenvalue weighted by molar-refractivity contribution is 6.05. The summed E-state index contributed by atoms with van der Waals surface area (Å²) in [6, 6.07) is 5.74. The molecule has 176 valence electrons. The quantitative estimate of drug-likeness (QED) is 0.486. The van der Waals surface area contributed by atoms with Gasteiger partial charge in [0.1, 0.15) is 0 Å². The van der Waals surface area contributed by atoms with Crippen molar-refractivity contribution in [3.63, 3.8) is 0 Å². The Bertz CT molecular complexity index is 801. The van der Waals surface area contributed by atoms with E-state index in [9.17, 15) is 14.4 Å². The molecule has 1 saturated carbocycles. The lowest BCUT2D eigenvalue weighted by molar-refractivity contribution is -0.141. The Morgan fingerprint density at radius 2 is 1.62 bits per heavy atom. The number of carbonyl (C=O) groups excluding carboxylic acids is 3. The number of nitrogens with zero attached hydrogens (tertiary/aromatic N) is 2. The molecule has 1 aromatic carbocycles. The number of hydrogen-bond acceptors (Lipinski definition) is 5. The minimum Gasteiger partial charge on any atom is -0.490 e. The molecule has 0 bridgehead atoms. The zero-order valence-corrected chi connectivity index (χ0v) is 19.6. The van der Waals surface area contributed by atoms with Gasteiger partial charge in [0, 0.05) is 26.1 Å². The van der Waals surface area contributed by atoms with Gasteiger partial charge in [-0.15, -0.1) is 0 Å². The van der Waals surface area contributed by atoms with Crippen molar-refractivity contribution in [1.82, 2.24) is 9.80 Å². The minimum atomic E-state index is -0.168. The zero-order valence-electron chi connectivity index (χ0n) is 19.6. The molecule has 2 aliphatic rings. The number of hydrogen-bond donors (Lipinski definition) is 0. The topological polar surface area (TPSA) is 76.2 Å². The smallest absolute Gasteiger partial charge is 0.233 e. The monoisotopic (exact) mass is 444 g/mol. The predicted molar refractivity (Wildman–Crippen MR) is 121 cm³/mol. The molecule has 0 N–H and O–H groups in total. The summed E-state index contributed by atoms with van der Waals surface area (Å²) in [6.45, 7) is 8.20. The molecule has 7 heteroatoms. The van der Waals surface area contributed by atoms with E-state index < -0.39 is 0 Å². The molecule has 2 fully saturated rings. The second-order valence-electron chi connectivity index (χ2n) is 8.54. The van der Waals surface area contributed by atoms with Gasteiger partial charge in [-0.25, -0.2) is 0 Å². The lowest BCUT2D eigenvalue weighted by Gasteiger charge is -2.24. The first-order valence-corrected chi connectivity index (χ1v) is 12.0. The molecular formula is C25H36N2O5. The Morgan fingerprint density at radius 1 is 1.00 bits per heavy atom. The summed E-state index contributed by atoms with van der Waals surface area (Å²) in [4.78, 5) is 41.5. The van der Waals surface area contributed by atoms with Gasteiger partial charge in [-0.05, 0) is 50.8 Å². The number of rotatable bonds is 11. The molecule has 0 aromatic heterocycles. The van der Waals surface area contributed by atoms with Gasteiger partial charge < -0.3 is 14.4 Å². The molecule has 0 radical (unpaired) electrons. The molecule has 0 spiro atoms. The summed E-state index contributed by atoms with van der Waals surface area (Å²) in [6.07, 6.45) is 4.58. The fourth-order valence-corrected chi connectivity index (χ4v) is 4.79. The van der Waals surface area contributed by atoms with Gasteiger partial charge in [-0.3, -0.25) is 19.3 Å². The van der Waals surface area contributed by atoms with E-state index in [1.54, 1.807) is 4.90 Å². The van der Waals surface area contributed by atoms with Crippen LogP contribution in [-0.2, 0) is 20.9 Å². The molecular weight excluding hydrogens is 408 g/mol. The second-order valence-corrected chi connectivity index (χ2v) is 8.54. The van der Waals surface area contributed by atoms with Crippen LogP contribution < -0.4 is 9.47 Å². The lowest BCUT2D eigenvalue weighted by atomic mass is 9.81. The van der Waals surface area contributed by atoms with E-state index in [0.29, 0.717) is 37.8 Å². The van der Waals surface area contributed by atoms with Crippen LogP contribution in [-0.4, -0.2) is 53.8 Å². The number of likely N-dealkylation sites (tertiary alicyclic amines) is 1. The molecule has 1 heterocycles. The molecule has 3 rings (SSSR count). The Morgan fingerprint density at radius 3 is 2.22 bits per heavy atom. The lowest BCUT2D eigenvalue weighted by Crippen LogP contribution is -2.37. The third-order valence-corrected chi connectivity index (χ3v) is 6.31. The number of ether oxygens (including phenoxy) is 2. The van der Waals surface area contributed by atoms with E-state index in [1.165, 1.54) is 4.90 Å². The molecule has 2 atom stereocenters. The molecule has 7 nitrogen and oxygen atoms in total. The average molecular weight is 445 g/mol. The normalized spacial score (nSPS) is 20.3. The first-order chi connectivity index (χ1) is 15.5. The number of carbonyl (C=O) groups is 3. The van der Waals surface area contributed by atoms with Gasteiger partial charge >= 0.3 is 0 Å². The van der Waals surface area contributed by atoms with Gasteiger partial charge in [0.05, 0.1) is 25.0 Å². The van der Waals surface area contributed by atoms with Gasteiger partial charge in [0.15, 0.2) is 11.5 Å². The van der Waals surface area contributed by atoms with Gasteiger partial charge in [0.2, 0.25) is 17.7 Å². The van der Waals surface area contributed by atoms with E-state index in [4.69, 9.17) is 9.47 Å². The second kappa shape index (κ2) is 11.3. The van der Waals surface area contributed by atoms with Crippen molar-refractivity contribution in [2.45, 2.75) is 65.8 Å². The molecule has 0 unspecified atom stereocenters. The molecule has 3 amide bonds. The summed E-state index contributed by atoms with van der Waals surface area (Å²) < 4.78 is 11.3. The third-order valence-electron chi connectivity index (χ3n) is 6.31. The number of imide groups is 1. The van der Waals surface area contributed by atoms with Crippen molar-refractivity contribution < 1.29 is 23.9 Å². The van der Waals surface area contributed by atoms with Gasteiger partial charge in [-0.2, -0.15) is 0 Å². The standard InChI is InChI=1S/C25H36N2O5/c1-4-14-26(17-18-11-12-21(31-5-2)22(16-18)32-6-3)23(28)13-15-27-24(29)19-9-7-8-10-20(19)25(27)30/h11-12,16,19-20H,4-10,13-15,17H2,1-3H3/t19-,20-/m0/s1. The van der Waals surface area contributed by atoms with Crippen molar-refractivity contribution >= 4 is 17.7 Å². The van der Waals surface area contributed by atoms with E-state index in [2.05, 4.69) is 0 Å². The Hall–Kier alpha value is -2.57. The van der Waals surface area contributed by atoms with Crippen LogP contribution in [0.2, 0.25) is 0 Å². The Kier molecular flexibility index (Phi) is 8.53. The van der Waals surface area contributed by atoms with Crippen molar-refractivity contribution in [3.8, 4) is 11.5 Å². The minimum absolute atomic E-state index is 0.0471. The van der Waals surface area contributed by atoms with Crippen LogP contribution in [0.4, 0.5) is 0 Å². The van der Waals surface area contributed by atoms with E-state index in [-0.39, 0.29) is 42.5 Å². The van der Waals surface area contributed by atoms with Crippen molar-refractivity contribution in [1.29, 1.82) is 0 Å². The van der Waals surface area contributed by atoms with Crippen molar-refractivity contribution in [2.75, 3.05) is 26.3 Å². The molecule has 1 aliphatic heterocycles. The number of fused-ring (bicyclic) bond motifs is 1. The van der Waals surface area contributed by atoms with Gasteiger partial charge in [-0.1, -0.05) is 25.8 Å². The van der Waals surface area contributed by atoms with Gasteiger partial charge in [0.25, 0.3) is 0 Å². The highest BCUT2D eigenvalue weighted by Crippen LogP contribution is 2.38. The van der Waals surface area contributed by atoms with Crippen LogP contribution in [0.1, 0.15) is 64.9 Å². The summed E-state index contributed by atoms with van der Waals surface area (Å²) in [7, 11) is 0. The van der Waals surface area contributed by atoms with Crippen LogP contribution in [0.25, 0.3) is 0 Å². The fourth-order valence-electron chi connectivity index (χ4n) is 4.79. The largest absolute Gasteiger partial charge is 0.490 e. The number of benzene rings is 1. The van der Waals surface area contributed by atoms with E-state index in [1.807, 2.05) is 39.0 Å². The Balaban J connectivity index is 1.64. The molecule has 32 heavy (non-hydrogen) atoms. The fraction of sp³-hybridized carbons (Fsp3) is 0.640. The van der Waals surface area contributed by atoms with Crippen molar-refractivity contribution in [2.24, 2.45) is 11.8 Å². The molecule has 1 aliphatic carbocycles. The predicted octanol–water partition coefficient (Wildman–Crippen LogP) is 3.79. The van der Waals surface area contributed by atoms with Crippen molar-refractivity contribution in [3.05, 3.63) is 23.8 Å². The maximum Gasteiger partial charge on any atom is 0.233 e. The first-order valence-electron chi connectivity index (χ1n) is 12.0. The highest BCUT2D eigenvalue weighted by Gasteiger charge is 2.47. The SMILES string of the molecule is CCCN(Cc1ccc(OCC)c(OCC)c1)C(=O)CCN1C(=O)[C@H]2CCCC[C@@H]2C1=O. The number of amides is 3. The molecule has 1 saturated heterocycles. The molecule has 1 aromatic rings. The van der Waals surface area contributed by atoms with E-state index in [0.717, 1.165) is 37.7 Å². The third kappa shape index (κ3) is 5.43. The summed E-state index contributed by atoms with van der Waals surface area (Å²) in [5.41, 5.74) is 0.957. The zero-order chi connectivity index (χ0) is 23.1. The summed E-state index contributed by atoms with van der Waals surface area (Å²) in [5.74, 6) is 0.822. The summed E-state index contributed by atoms with van der Waals surface area (Å²) >= 11 is 0. The van der Waals surface area contributed by atoms with Crippen LogP contribution in [0.3, 0.4) is 0 Å².